The number of nitrogens with zero attached hydrogens (tertiary/aromatic N) is 2. The summed E-state index contributed by atoms with van der Waals surface area (Å²) in [7, 11) is -0.642. The first-order chi connectivity index (χ1) is 12.7. The van der Waals surface area contributed by atoms with Crippen molar-refractivity contribution < 1.29 is 13.2 Å². The Hall–Kier alpha value is -2.07. The van der Waals surface area contributed by atoms with Crippen LogP contribution in [-0.4, -0.2) is 37.7 Å². The molecule has 6 nitrogen and oxygen atoms in total. The van der Waals surface area contributed by atoms with Crippen LogP contribution in [0.15, 0.2) is 39.9 Å². The summed E-state index contributed by atoms with van der Waals surface area (Å²) >= 11 is 2.96. The second-order valence-corrected chi connectivity index (χ2v) is 10.1. The van der Waals surface area contributed by atoms with Crippen LogP contribution in [-0.2, 0) is 10.0 Å². The molecule has 0 spiro atoms. The number of benzene rings is 1. The molecule has 1 aromatic carbocycles. The Bertz CT molecular complexity index is 1080. The summed E-state index contributed by atoms with van der Waals surface area (Å²) in [5, 5.41) is 7.25. The fraction of sp³-hybridized carbons (Fsp3) is 0.222. The van der Waals surface area contributed by atoms with Gasteiger partial charge in [0.1, 0.15) is 10.7 Å². The van der Waals surface area contributed by atoms with Crippen molar-refractivity contribution in [2.45, 2.75) is 18.7 Å². The molecule has 0 unspecified atom stereocenters. The summed E-state index contributed by atoms with van der Waals surface area (Å²) < 4.78 is 26.0. The molecular formula is C18H19N3O3S3. The maximum absolute atomic E-state index is 12.6. The second kappa shape index (κ2) is 7.51. The van der Waals surface area contributed by atoms with Crippen LogP contribution in [0.3, 0.4) is 0 Å². The number of sulfonamides is 1. The van der Waals surface area contributed by atoms with Crippen molar-refractivity contribution in [2.24, 2.45) is 0 Å². The van der Waals surface area contributed by atoms with Crippen LogP contribution in [0.25, 0.3) is 9.88 Å². The van der Waals surface area contributed by atoms with E-state index in [0.29, 0.717) is 11.4 Å². The molecule has 1 amide bonds. The van der Waals surface area contributed by atoms with E-state index in [1.54, 1.807) is 22.8 Å². The zero-order valence-electron chi connectivity index (χ0n) is 15.3. The van der Waals surface area contributed by atoms with E-state index < -0.39 is 10.0 Å². The van der Waals surface area contributed by atoms with Gasteiger partial charge >= 0.3 is 0 Å². The lowest BCUT2D eigenvalue weighted by molar-refractivity contribution is 0.102. The highest BCUT2D eigenvalue weighted by atomic mass is 32.2. The van der Waals surface area contributed by atoms with E-state index >= 15 is 0 Å². The SMILES string of the molecule is Cc1cc(S(=O)(=O)N(C)C)cc(NC(=O)c2csc(-c3cccs3)n2)c1C. The smallest absolute Gasteiger partial charge is 0.275 e. The van der Waals surface area contributed by atoms with E-state index in [-0.39, 0.29) is 10.8 Å². The summed E-state index contributed by atoms with van der Waals surface area (Å²) in [4.78, 5) is 18.2. The van der Waals surface area contributed by atoms with Crippen LogP contribution < -0.4 is 5.32 Å². The molecule has 0 aliphatic heterocycles. The predicted octanol–water partition coefficient (Wildman–Crippen LogP) is 3.99. The Morgan fingerprint density at radius 3 is 2.56 bits per heavy atom. The Kier molecular flexibility index (Phi) is 5.48. The van der Waals surface area contributed by atoms with Gasteiger partial charge in [-0.25, -0.2) is 17.7 Å². The number of thiazole rings is 1. The third-order valence-corrected chi connectivity index (χ3v) is 7.81. The molecule has 0 fully saturated rings. The molecule has 0 saturated carbocycles. The van der Waals surface area contributed by atoms with E-state index in [1.165, 1.54) is 31.5 Å². The Labute approximate surface area is 166 Å². The van der Waals surface area contributed by atoms with Crippen molar-refractivity contribution in [3.63, 3.8) is 0 Å². The highest BCUT2D eigenvalue weighted by molar-refractivity contribution is 7.89. The average Bonchev–Trinajstić information content (AvgIpc) is 3.29. The first-order valence-electron chi connectivity index (χ1n) is 8.04. The minimum absolute atomic E-state index is 0.142. The zero-order valence-corrected chi connectivity index (χ0v) is 17.8. The molecule has 2 aromatic heterocycles. The average molecular weight is 422 g/mol. The van der Waals surface area contributed by atoms with Gasteiger partial charge in [-0.1, -0.05) is 6.07 Å². The third kappa shape index (κ3) is 3.96. The Balaban J connectivity index is 1.91. The van der Waals surface area contributed by atoms with Crippen molar-refractivity contribution in [3.8, 4) is 9.88 Å². The van der Waals surface area contributed by atoms with Crippen molar-refractivity contribution in [2.75, 3.05) is 19.4 Å². The number of hydrogen-bond donors (Lipinski definition) is 1. The van der Waals surface area contributed by atoms with Gasteiger partial charge in [0.2, 0.25) is 10.0 Å². The lowest BCUT2D eigenvalue weighted by Crippen LogP contribution is -2.23. The highest BCUT2D eigenvalue weighted by Gasteiger charge is 2.21. The highest BCUT2D eigenvalue weighted by Crippen LogP contribution is 2.29. The number of carbonyl (C=O) groups is 1. The molecule has 0 aliphatic carbocycles. The molecule has 9 heteroatoms. The fourth-order valence-electron chi connectivity index (χ4n) is 2.39. The summed E-state index contributed by atoms with van der Waals surface area (Å²) in [5.74, 6) is -0.365. The fourth-order valence-corrected chi connectivity index (χ4v) is 5.02. The maximum atomic E-state index is 12.6. The predicted molar refractivity (Wildman–Crippen MR) is 110 cm³/mol. The van der Waals surface area contributed by atoms with Crippen LogP contribution in [0.2, 0.25) is 0 Å². The maximum Gasteiger partial charge on any atom is 0.275 e. The van der Waals surface area contributed by atoms with E-state index in [9.17, 15) is 13.2 Å². The van der Waals surface area contributed by atoms with Crippen LogP contribution in [0.5, 0.6) is 0 Å². The first-order valence-corrected chi connectivity index (χ1v) is 11.2. The number of carbonyl (C=O) groups excluding carboxylic acids is 1. The van der Waals surface area contributed by atoms with Crippen LogP contribution in [0.4, 0.5) is 5.69 Å². The molecule has 2 heterocycles. The van der Waals surface area contributed by atoms with Crippen molar-refractivity contribution in [1.29, 1.82) is 0 Å². The van der Waals surface area contributed by atoms with Crippen molar-refractivity contribution >= 4 is 44.3 Å². The Morgan fingerprint density at radius 1 is 1.19 bits per heavy atom. The van der Waals surface area contributed by atoms with Gasteiger partial charge in [-0.15, -0.1) is 22.7 Å². The molecule has 27 heavy (non-hydrogen) atoms. The molecule has 1 N–H and O–H groups in total. The third-order valence-electron chi connectivity index (χ3n) is 4.14. The van der Waals surface area contributed by atoms with Gasteiger partial charge < -0.3 is 5.32 Å². The molecule has 0 radical (unpaired) electrons. The number of aromatic nitrogens is 1. The summed E-state index contributed by atoms with van der Waals surface area (Å²) in [6.07, 6.45) is 0. The summed E-state index contributed by atoms with van der Waals surface area (Å²) in [6.45, 7) is 3.66. The minimum Gasteiger partial charge on any atom is -0.320 e. The minimum atomic E-state index is -3.59. The molecule has 0 atom stereocenters. The number of nitrogens with one attached hydrogen (secondary N) is 1. The molecule has 142 valence electrons. The van der Waals surface area contributed by atoms with Gasteiger partial charge in [0.15, 0.2) is 0 Å². The summed E-state index contributed by atoms with van der Waals surface area (Å²) in [6, 6.07) is 6.98. The number of amides is 1. The van der Waals surface area contributed by atoms with E-state index in [2.05, 4.69) is 10.3 Å². The van der Waals surface area contributed by atoms with Gasteiger partial charge in [-0.05, 0) is 48.6 Å². The number of thiophene rings is 1. The van der Waals surface area contributed by atoms with E-state index in [4.69, 9.17) is 0 Å². The van der Waals surface area contributed by atoms with Crippen molar-refractivity contribution in [3.05, 3.63) is 51.8 Å². The van der Waals surface area contributed by atoms with Crippen LogP contribution in [0.1, 0.15) is 21.6 Å². The van der Waals surface area contributed by atoms with Gasteiger partial charge in [-0.2, -0.15) is 0 Å². The molecule has 3 aromatic rings. The largest absolute Gasteiger partial charge is 0.320 e. The first kappa shape index (κ1) is 19.7. The number of hydrogen-bond acceptors (Lipinski definition) is 6. The molecule has 0 bridgehead atoms. The van der Waals surface area contributed by atoms with E-state index in [1.807, 2.05) is 31.4 Å². The molecule has 3 rings (SSSR count). The standard InChI is InChI=1S/C18H19N3O3S3/c1-11-8-13(27(23,24)21(3)4)9-14(12(11)2)19-17(22)15-10-26-18(20-15)16-6-5-7-25-16/h5-10H,1-4H3,(H,19,22). The van der Waals surface area contributed by atoms with Gasteiger partial charge in [0.05, 0.1) is 9.77 Å². The zero-order chi connectivity index (χ0) is 19.8. The van der Waals surface area contributed by atoms with Crippen LogP contribution >= 0.6 is 22.7 Å². The van der Waals surface area contributed by atoms with Gasteiger partial charge in [0, 0.05) is 25.2 Å². The van der Waals surface area contributed by atoms with Crippen molar-refractivity contribution in [1.82, 2.24) is 9.29 Å². The second-order valence-electron chi connectivity index (χ2n) is 6.17. The van der Waals surface area contributed by atoms with Gasteiger partial charge in [-0.3, -0.25) is 4.79 Å². The lowest BCUT2D eigenvalue weighted by atomic mass is 10.1. The number of anilines is 1. The Morgan fingerprint density at radius 2 is 1.93 bits per heavy atom. The molecule has 0 aliphatic rings. The summed E-state index contributed by atoms with van der Waals surface area (Å²) in [5.41, 5.74) is 2.37. The number of rotatable bonds is 5. The number of aryl methyl sites for hydroxylation is 1. The quantitative estimate of drug-likeness (QED) is 0.675. The van der Waals surface area contributed by atoms with E-state index in [0.717, 1.165) is 25.3 Å². The lowest BCUT2D eigenvalue weighted by Gasteiger charge is -2.16. The van der Waals surface area contributed by atoms with Gasteiger partial charge in [0.25, 0.3) is 5.91 Å². The normalized spacial score (nSPS) is 11.7. The topological polar surface area (TPSA) is 79.4 Å². The van der Waals surface area contributed by atoms with Crippen LogP contribution in [0, 0.1) is 13.8 Å². The monoisotopic (exact) mass is 421 g/mol. The molecule has 0 saturated heterocycles. The molecular weight excluding hydrogens is 402 g/mol.